The molecule has 0 bridgehead atoms. The Labute approximate surface area is 128 Å². The van der Waals surface area contributed by atoms with Gasteiger partial charge in [-0.15, -0.1) is 11.8 Å². The van der Waals surface area contributed by atoms with Gasteiger partial charge in [0.05, 0.1) is 11.6 Å². The summed E-state index contributed by atoms with van der Waals surface area (Å²) in [5.41, 5.74) is 7.65. The van der Waals surface area contributed by atoms with Gasteiger partial charge >= 0.3 is 0 Å². The van der Waals surface area contributed by atoms with Crippen molar-refractivity contribution in [1.29, 1.82) is 0 Å². The number of benzene rings is 1. The van der Waals surface area contributed by atoms with Crippen molar-refractivity contribution in [2.75, 3.05) is 12.3 Å². The van der Waals surface area contributed by atoms with E-state index in [9.17, 15) is 4.79 Å². The monoisotopic (exact) mass is 299 g/mol. The number of carbonyl (C=O) groups excluding carboxylic acids is 1. The van der Waals surface area contributed by atoms with Crippen molar-refractivity contribution in [3.63, 3.8) is 0 Å². The zero-order valence-electron chi connectivity index (χ0n) is 11.5. The number of nitrogens with one attached hydrogen (secondary N) is 1. The van der Waals surface area contributed by atoms with E-state index in [-0.39, 0.29) is 11.8 Å². The zero-order valence-corrected chi connectivity index (χ0v) is 12.3. The van der Waals surface area contributed by atoms with Gasteiger partial charge in [0.15, 0.2) is 4.87 Å². The maximum absolute atomic E-state index is 12.2. The minimum atomic E-state index is -0.838. The molecule has 0 aliphatic carbocycles. The molecule has 1 amide bonds. The van der Waals surface area contributed by atoms with Gasteiger partial charge in [0.2, 0.25) is 5.91 Å². The quantitative estimate of drug-likeness (QED) is 0.902. The van der Waals surface area contributed by atoms with E-state index in [1.165, 1.54) is 0 Å². The third-order valence-electron chi connectivity index (χ3n) is 3.71. The number of carbonyl (C=O) groups is 1. The highest BCUT2D eigenvalue weighted by molar-refractivity contribution is 8.01. The van der Waals surface area contributed by atoms with Crippen LogP contribution in [-0.4, -0.2) is 28.1 Å². The molecule has 1 fully saturated rings. The van der Waals surface area contributed by atoms with E-state index in [0.717, 1.165) is 23.6 Å². The molecule has 0 saturated carbocycles. The molecular formula is C16H17N3OS. The fourth-order valence-corrected chi connectivity index (χ4v) is 4.09. The molecule has 0 radical (unpaired) electrons. The standard InChI is InChI=1S/C16H17N3OS/c17-15(20)16(19-10-11-21-16)14(12-6-2-1-3-7-12)13-8-4-5-9-18-13/h1-9,14,19H,10-11H2,(H2,17,20)/t14-,16?/m1/s1. The van der Waals surface area contributed by atoms with Crippen LogP contribution >= 0.6 is 11.8 Å². The number of pyridine rings is 1. The first-order valence-corrected chi connectivity index (χ1v) is 7.87. The smallest absolute Gasteiger partial charge is 0.249 e. The van der Waals surface area contributed by atoms with Crippen molar-refractivity contribution in [2.24, 2.45) is 5.73 Å². The molecule has 1 aliphatic heterocycles. The summed E-state index contributed by atoms with van der Waals surface area (Å²) in [4.78, 5) is 15.9. The fourth-order valence-electron chi connectivity index (χ4n) is 2.79. The van der Waals surface area contributed by atoms with E-state index in [4.69, 9.17) is 5.73 Å². The summed E-state index contributed by atoms with van der Waals surface area (Å²) in [5.74, 6) is 0.313. The number of primary amides is 1. The second kappa shape index (κ2) is 5.87. The molecule has 2 atom stereocenters. The largest absolute Gasteiger partial charge is 0.367 e. The molecular weight excluding hydrogens is 282 g/mol. The lowest BCUT2D eigenvalue weighted by molar-refractivity contribution is -0.121. The van der Waals surface area contributed by atoms with Gasteiger partial charge in [0, 0.05) is 18.5 Å². The number of thioether (sulfide) groups is 1. The molecule has 21 heavy (non-hydrogen) atoms. The van der Waals surface area contributed by atoms with E-state index in [1.54, 1.807) is 18.0 Å². The van der Waals surface area contributed by atoms with Crippen molar-refractivity contribution in [3.05, 3.63) is 66.0 Å². The maximum atomic E-state index is 12.2. The van der Waals surface area contributed by atoms with Gasteiger partial charge in [0.25, 0.3) is 0 Å². The van der Waals surface area contributed by atoms with Gasteiger partial charge in [0.1, 0.15) is 0 Å². The average molecular weight is 299 g/mol. The number of aromatic nitrogens is 1. The van der Waals surface area contributed by atoms with Crippen molar-refractivity contribution in [3.8, 4) is 0 Å². The molecule has 2 heterocycles. The average Bonchev–Trinajstić information content (AvgIpc) is 3.00. The summed E-state index contributed by atoms with van der Waals surface area (Å²) >= 11 is 1.57. The van der Waals surface area contributed by atoms with Crippen LogP contribution in [0.2, 0.25) is 0 Å². The third kappa shape index (κ3) is 2.54. The highest BCUT2D eigenvalue weighted by Crippen LogP contribution is 2.43. The van der Waals surface area contributed by atoms with Gasteiger partial charge in [-0.3, -0.25) is 15.1 Å². The molecule has 108 valence electrons. The SMILES string of the molecule is NC(=O)C1([C@H](c2ccccc2)c2ccccn2)NCCS1. The number of rotatable bonds is 4. The van der Waals surface area contributed by atoms with Crippen molar-refractivity contribution in [2.45, 2.75) is 10.8 Å². The van der Waals surface area contributed by atoms with Crippen LogP contribution in [0.4, 0.5) is 0 Å². The number of hydrogen-bond acceptors (Lipinski definition) is 4. The van der Waals surface area contributed by atoms with Crippen LogP contribution in [0.25, 0.3) is 0 Å². The van der Waals surface area contributed by atoms with Crippen molar-refractivity contribution in [1.82, 2.24) is 10.3 Å². The van der Waals surface area contributed by atoms with Gasteiger partial charge in [-0.05, 0) is 17.7 Å². The van der Waals surface area contributed by atoms with Gasteiger partial charge < -0.3 is 5.73 Å². The Morgan fingerprint density at radius 3 is 2.57 bits per heavy atom. The molecule has 1 aromatic carbocycles. The highest BCUT2D eigenvalue weighted by Gasteiger charge is 2.49. The summed E-state index contributed by atoms with van der Waals surface area (Å²) in [6, 6.07) is 15.7. The number of nitrogens with two attached hydrogens (primary N) is 1. The summed E-state index contributed by atoms with van der Waals surface area (Å²) in [6.07, 6.45) is 1.75. The molecule has 4 nitrogen and oxygen atoms in total. The van der Waals surface area contributed by atoms with E-state index < -0.39 is 4.87 Å². The van der Waals surface area contributed by atoms with Crippen LogP contribution in [0.3, 0.4) is 0 Å². The zero-order chi connectivity index (χ0) is 14.7. The first-order valence-electron chi connectivity index (χ1n) is 6.89. The lowest BCUT2D eigenvalue weighted by atomic mass is 9.87. The molecule has 3 rings (SSSR count). The van der Waals surface area contributed by atoms with Gasteiger partial charge in [-0.1, -0.05) is 36.4 Å². The minimum Gasteiger partial charge on any atom is -0.367 e. The van der Waals surface area contributed by atoms with Crippen molar-refractivity contribution >= 4 is 17.7 Å². The Bertz CT molecular complexity index is 572. The summed E-state index contributed by atoms with van der Waals surface area (Å²) in [5, 5.41) is 3.32. The first-order chi connectivity index (χ1) is 10.2. The Kier molecular flexibility index (Phi) is 3.94. The second-order valence-corrected chi connectivity index (χ2v) is 6.31. The summed E-state index contributed by atoms with van der Waals surface area (Å²) in [7, 11) is 0. The molecule has 1 aliphatic rings. The molecule has 1 unspecified atom stereocenters. The van der Waals surface area contributed by atoms with Crippen LogP contribution in [-0.2, 0) is 4.79 Å². The molecule has 2 aromatic rings. The number of nitrogens with zero attached hydrogens (tertiary/aromatic N) is 1. The third-order valence-corrected chi connectivity index (χ3v) is 5.15. The molecule has 3 N–H and O–H groups in total. The molecule has 5 heteroatoms. The van der Waals surface area contributed by atoms with E-state index in [0.29, 0.717) is 0 Å². The van der Waals surface area contributed by atoms with Gasteiger partial charge in [-0.2, -0.15) is 0 Å². The number of amides is 1. The Hall–Kier alpha value is -1.85. The lowest BCUT2D eigenvalue weighted by Crippen LogP contribution is -2.54. The second-order valence-electron chi connectivity index (χ2n) is 4.97. The van der Waals surface area contributed by atoms with Crippen LogP contribution < -0.4 is 11.1 Å². The van der Waals surface area contributed by atoms with E-state index in [1.807, 2.05) is 48.5 Å². The lowest BCUT2D eigenvalue weighted by Gasteiger charge is -2.34. The molecule has 0 spiro atoms. The number of hydrogen-bond donors (Lipinski definition) is 2. The van der Waals surface area contributed by atoms with Gasteiger partial charge in [-0.25, -0.2) is 0 Å². The van der Waals surface area contributed by atoms with Crippen LogP contribution in [0.15, 0.2) is 54.7 Å². The Morgan fingerprint density at radius 2 is 2.00 bits per heavy atom. The van der Waals surface area contributed by atoms with E-state index in [2.05, 4.69) is 10.3 Å². The van der Waals surface area contributed by atoms with Crippen molar-refractivity contribution < 1.29 is 4.79 Å². The molecule has 1 saturated heterocycles. The van der Waals surface area contributed by atoms with Crippen LogP contribution in [0, 0.1) is 0 Å². The fraction of sp³-hybridized carbons (Fsp3) is 0.250. The first kappa shape index (κ1) is 14.1. The van der Waals surface area contributed by atoms with Crippen LogP contribution in [0.1, 0.15) is 17.2 Å². The topological polar surface area (TPSA) is 68.0 Å². The predicted molar refractivity (Wildman–Crippen MR) is 84.9 cm³/mol. The normalized spacial score (nSPS) is 22.9. The van der Waals surface area contributed by atoms with E-state index >= 15 is 0 Å². The summed E-state index contributed by atoms with van der Waals surface area (Å²) in [6.45, 7) is 0.768. The Balaban J connectivity index is 2.15. The summed E-state index contributed by atoms with van der Waals surface area (Å²) < 4.78 is 0. The highest BCUT2D eigenvalue weighted by atomic mass is 32.2. The Morgan fingerprint density at radius 1 is 1.24 bits per heavy atom. The predicted octanol–water partition coefficient (Wildman–Crippen LogP) is 1.73. The minimum absolute atomic E-state index is 0.204. The maximum Gasteiger partial charge on any atom is 0.249 e. The van der Waals surface area contributed by atoms with Crippen LogP contribution in [0.5, 0.6) is 0 Å². The molecule has 1 aromatic heterocycles.